The zero-order valence-corrected chi connectivity index (χ0v) is 27.7. The number of rotatable bonds is 16. The lowest BCUT2D eigenvalue weighted by atomic mass is 9.98. The van der Waals surface area contributed by atoms with Crippen molar-refractivity contribution in [1.29, 1.82) is 0 Å². The monoisotopic (exact) mass is 713 g/mol. The molecule has 1 aliphatic rings. The van der Waals surface area contributed by atoms with E-state index in [2.05, 4.69) is 11.6 Å². The maximum Gasteiger partial charge on any atom is 0.509 e. The van der Waals surface area contributed by atoms with Gasteiger partial charge in [-0.15, -0.1) is 0 Å². The van der Waals surface area contributed by atoms with Gasteiger partial charge in [0.15, 0.2) is 6.10 Å². The molecule has 3 aromatic rings. The molecule has 1 aliphatic heterocycles. The fourth-order valence-corrected chi connectivity index (χ4v) is 4.84. The summed E-state index contributed by atoms with van der Waals surface area (Å²) in [4.78, 5) is 40.6. The number of aliphatic imine (C=N–C) groups is 1. The molecular formula is C37H38F3NO10. The molecule has 5 atom stereocenters. The summed E-state index contributed by atoms with van der Waals surface area (Å²) >= 11 is 0. The lowest BCUT2D eigenvalue weighted by Crippen LogP contribution is -2.63. The summed E-state index contributed by atoms with van der Waals surface area (Å²) in [6.45, 7) is 3.82. The van der Waals surface area contributed by atoms with Crippen LogP contribution in [0.25, 0.3) is 0 Å². The Bertz CT molecular complexity index is 1590. The second-order valence-corrected chi connectivity index (χ2v) is 11.3. The van der Waals surface area contributed by atoms with Crippen molar-refractivity contribution in [2.75, 3.05) is 13.2 Å². The van der Waals surface area contributed by atoms with Crippen molar-refractivity contribution in [3.8, 4) is 0 Å². The molecule has 51 heavy (non-hydrogen) atoms. The first kappa shape index (κ1) is 38.7. The number of Topliss-reactive ketones (excluding diaryl/α,β-unsaturated/α-hetero) is 1. The Morgan fingerprint density at radius 1 is 0.784 bits per heavy atom. The van der Waals surface area contributed by atoms with E-state index in [9.17, 15) is 27.6 Å². The van der Waals surface area contributed by atoms with Crippen LogP contribution in [-0.4, -0.2) is 73.9 Å². The van der Waals surface area contributed by atoms with E-state index < -0.39 is 61.5 Å². The van der Waals surface area contributed by atoms with Crippen LogP contribution < -0.4 is 0 Å². The number of esters is 1. The maximum absolute atomic E-state index is 14.5. The predicted molar refractivity (Wildman–Crippen MR) is 177 cm³/mol. The van der Waals surface area contributed by atoms with Crippen molar-refractivity contribution in [2.45, 2.75) is 69.9 Å². The summed E-state index contributed by atoms with van der Waals surface area (Å²) in [5, 5.41) is 0. The number of alkyl halides is 3. The molecule has 0 radical (unpaired) electrons. The molecule has 1 fully saturated rings. The Labute approximate surface area is 292 Å². The predicted octanol–water partition coefficient (Wildman–Crippen LogP) is 6.81. The van der Waals surface area contributed by atoms with Gasteiger partial charge in [0.1, 0.15) is 37.3 Å². The molecule has 1 heterocycles. The van der Waals surface area contributed by atoms with Crippen LogP contribution in [0, 0.1) is 0 Å². The number of nitrogens with zero attached hydrogens (tertiary/aromatic N) is 1. The molecule has 0 bridgehead atoms. The van der Waals surface area contributed by atoms with E-state index in [1.165, 1.54) is 37.3 Å². The van der Waals surface area contributed by atoms with Crippen molar-refractivity contribution in [3.05, 3.63) is 115 Å². The molecule has 11 nitrogen and oxygen atoms in total. The van der Waals surface area contributed by atoms with Crippen molar-refractivity contribution in [2.24, 2.45) is 4.99 Å². The number of hydrogen-bond acceptors (Lipinski definition) is 11. The van der Waals surface area contributed by atoms with Gasteiger partial charge in [0.25, 0.3) is 5.90 Å². The number of carbonyl (C=O) groups excluding carboxylic acids is 3. The minimum atomic E-state index is -5.14. The second-order valence-electron chi connectivity index (χ2n) is 11.3. The highest BCUT2D eigenvalue weighted by atomic mass is 19.4. The summed E-state index contributed by atoms with van der Waals surface area (Å²) in [5.41, 5.74) is 1.30. The summed E-state index contributed by atoms with van der Waals surface area (Å²) < 4.78 is 83.3. The van der Waals surface area contributed by atoms with E-state index in [4.69, 9.17) is 33.2 Å². The number of carbonyl (C=O) groups is 3. The molecule has 272 valence electrons. The van der Waals surface area contributed by atoms with Crippen molar-refractivity contribution >= 4 is 29.5 Å². The first-order chi connectivity index (χ1) is 24.5. The molecule has 0 aromatic heterocycles. The molecule has 0 N–H and O–H groups in total. The molecular weight excluding hydrogens is 675 g/mol. The van der Waals surface area contributed by atoms with Gasteiger partial charge < -0.3 is 38.0 Å². The Morgan fingerprint density at radius 3 is 1.90 bits per heavy atom. The first-order valence-electron chi connectivity index (χ1n) is 16.0. The third-order valence-corrected chi connectivity index (χ3v) is 7.26. The summed E-state index contributed by atoms with van der Waals surface area (Å²) in [6.07, 6.45) is -13.2. The number of ketones is 1. The molecule has 1 saturated heterocycles. The van der Waals surface area contributed by atoms with Gasteiger partial charge in [0, 0.05) is 6.42 Å². The third kappa shape index (κ3) is 12.7. The first-order valence-corrected chi connectivity index (χ1v) is 16.0. The fourth-order valence-electron chi connectivity index (χ4n) is 4.84. The van der Waals surface area contributed by atoms with Gasteiger partial charge in [-0.05, 0) is 30.2 Å². The van der Waals surface area contributed by atoms with E-state index in [0.29, 0.717) is 11.1 Å². The molecule has 0 unspecified atom stereocenters. The average molecular weight is 714 g/mol. The number of hydrogen-bond donors (Lipinski definition) is 0. The minimum Gasteiger partial charge on any atom is -0.463 e. The van der Waals surface area contributed by atoms with Gasteiger partial charge in [-0.3, -0.25) is 4.79 Å². The fraction of sp³-hybridized carbons (Fsp3) is 0.351. The van der Waals surface area contributed by atoms with Gasteiger partial charge in [-0.2, -0.15) is 13.2 Å². The van der Waals surface area contributed by atoms with Crippen LogP contribution >= 0.6 is 0 Å². The van der Waals surface area contributed by atoms with Crippen molar-refractivity contribution < 1.29 is 60.7 Å². The zero-order valence-electron chi connectivity index (χ0n) is 27.7. The largest absolute Gasteiger partial charge is 0.509 e. The standard InChI is InChI=1S/C37H38F3NO10/c1-3-21-45-36(44)50-33-32(48-23-27-15-9-5-10-16-27)31(47-22-26-13-7-4-8-14-26)29(24-46-30(43)20-19-25(2)42)49-34(33)51-35(37(38,39)40)41-28-17-11-6-12-18-28/h3-18,29,31-34H,1,19-24H2,2H3/t29-,31-,32+,33+,34-/m1/s1. The average Bonchev–Trinajstić information content (AvgIpc) is 3.12. The Morgan fingerprint density at radius 2 is 1.35 bits per heavy atom. The Kier molecular flexibility index (Phi) is 14.7. The van der Waals surface area contributed by atoms with Gasteiger partial charge >= 0.3 is 18.3 Å². The smallest absolute Gasteiger partial charge is 0.463 e. The van der Waals surface area contributed by atoms with Crippen LogP contribution in [0.15, 0.2) is 109 Å². The normalized spacial score (nSPS) is 20.5. The lowest BCUT2D eigenvalue weighted by molar-refractivity contribution is -0.305. The van der Waals surface area contributed by atoms with Crippen LogP contribution in [0.2, 0.25) is 0 Å². The molecule has 0 saturated carbocycles. The van der Waals surface area contributed by atoms with E-state index >= 15 is 0 Å². The van der Waals surface area contributed by atoms with E-state index in [-0.39, 0.29) is 44.1 Å². The summed E-state index contributed by atoms with van der Waals surface area (Å²) in [6, 6.07) is 25.0. The van der Waals surface area contributed by atoms with Crippen molar-refractivity contribution in [3.63, 3.8) is 0 Å². The highest BCUT2D eigenvalue weighted by Crippen LogP contribution is 2.33. The molecule has 0 aliphatic carbocycles. The third-order valence-electron chi connectivity index (χ3n) is 7.26. The lowest BCUT2D eigenvalue weighted by Gasteiger charge is -2.44. The summed E-state index contributed by atoms with van der Waals surface area (Å²) in [7, 11) is 0. The van der Waals surface area contributed by atoms with Crippen molar-refractivity contribution in [1.82, 2.24) is 0 Å². The number of halogens is 3. The molecule has 14 heteroatoms. The summed E-state index contributed by atoms with van der Waals surface area (Å²) in [5.74, 6) is -2.72. The highest BCUT2D eigenvalue weighted by molar-refractivity contribution is 5.84. The van der Waals surface area contributed by atoms with Gasteiger partial charge in [0.2, 0.25) is 6.29 Å². The van der Waals surface area contributed by atoms with Crippen LogP contribution in [0.4, 0.5) is 23.7 Å². The van der Waals surface area contributed by atoms with Crippen LogP contribution in [-0.2, 0) is 56.0 Å². The quantitative estimate of drug-likeness (QED) is 0.0676. The van der Waals surface area contributed by atoms with E-state index in [0.717, 1.165) is 0 Å². The molecule has 0 spiro atoms. The number of benzene rings is 3. The molecule has 4 rings (SSSR count). The van der Waals surface area contributed by atoms with E-state index in [1.807, 2.05) is 0 Å². The second kappa shape index (κ2) is 19.4. The Hall–Kier alpha value is -5.05. The number of para-hydroxylation sites is 1. The van der Waals surface area contributed by atoms with E-state index in [1.54, 1.807) is 66.7 Å². The Balaban J connectivity index is 1.76. The van der Waals surface area contributed by atoms with Crippen LogP contribution in [0.5, 0.6) is 0 Å². The van der Waals surface area contributed by atoms with Gasteiger partial charge in [0.05, 0.1) is 25.3 Å². The minimum absolute atomic E-state index is 0.0444. The van der Waals surface area contributed by atoms with Crippen LogP contribution in [0.1, 0.15) is 30.9 Å². The zero-order chi connectivity index (χ0) is 36.6. The van der Waals surface area contributed by atoms with Gasteiger partial charge in [-0.25, -0.2) is 9.79 Å². The number of ether oxygens (including phenoxy) is 7. The SMILES string of the molecule is C=CCOC(=O)O[C@@H]1[C@@H](OC(=Nc2ccccc2)C(F)(F)F)O[C@H](COC(=O)CCC(C)=O)[C@@H](OCc2ccccc2)[C@@H]1OCc1ccccc1. The van der Waals surface area contributed by atoms with Crippen LogP contribution in [0.3, 0.4) is 0 Å². The van der Waals surface area contributed by atoms with Gasteiger partial charge in [-0.1, -0.05) is 91.5 Å². The highest BCUT2D eigenvalue weighted by Gasteiger charge is 2.54. The topological polar surface area (TPSA) is 128 Å². The maximum atomic E-state index is 14.5. The molecule has 0 amide bonds. The molecule has 3 aromatic carbocycles.